The smallest absolute Gasteiger partial charge is 0.223 e. The molecule has 1 aromatic heterocycles. The first kappa shape index (κ1) is 18.5. The number of hydrogen-bond acceptors (Lipinski definition) is 4. The molecule has 1 amide bonds. The fourth-order valence-corrected chi connectivity index (χ4v) is 7.67. The lowest BCUT2D eigenvalue weighted by Crippen LogP contribution is -2.60. The van der Waals surface area contributed by atoms with Gasteiger partial charge in [0, 0.05) is 32.0 Å². The van der Waals surface area contributed by atoms with E-state index in [4.69, 9.17) is 0 Å². The molecule has 1 aromatic carbocycles. The second kappa shape index (κ2) is 6.63. The molecule has 158 valence electrons. The van der Waals surface area contributed by atoms with Crippen molar-refractivity contribution in [3.8, 4) is 0 Å². The maximum Gasteiger partial charge on any atom is 0.223 e. The first-order valence-electron chi connectivity index (χ1n) is 11.6. The minimum Gasteiger partial charge on any atom is -0.341 e. The van der Waals surface area contributed by atoms with Gasteiger partial charge in [-0.2, -0.15) is 0 Å². The van der Waals surface area contributed by atoms with Crippen LogP contribution in [-0.2, 0) is 17.3 Å². The van der Waals surface area contributed by atoms with Crippen LogP contribution in [0.25, 0.3) is 0 Å². The fourth-order valence-electron chi connectivity index (χ4n) is 7.67. The Kier molecular flexibility index (Phi) is 4.09. The molecule has 6 heteroatoms. The van der Waals surface area contributed by atoms with Crippen LogP contribution in [-0.4, -0.2) is 44.1 Å². The quantitative estimate of drug-likeness (QED) is 0.784. The summed E-state index contributed by atoms with van der Waals surface area (Å²) in [6.07, 6.45) is 5.91. The SMILES string of the molecule is CC1C2CC3CC1CC(C2)C3(CC(=O)N1CC(c2nnnn2C)C1)c1ccccc1. The van der Waals surface area contributed by atoms with Gasteiger partial charge in [-0.05, 0) is 71.3 Å². The molecule has 5 aliphatic rings. The van der Waals surface area contributed by atoms with Crippen molar-refractivity contribution >= 4 is 5.91 Å². The Morgan fingerprint density at radius 1 is 1.07 bits per heavy atom. The van der Waals surface area contributed by atoms with E-state index in [9.17, 15) is 4.79 Å². The van der Waals surface area contributed by atoms with Gasteiger partial charge in [-0.3, -0.25) is 4.79 Å². The van der Waals surface area contributed by atoms with Gasteiger partial charge in [0.15, 0.2) is 5.82 Å². The molecule has 4 bridgehead atoms. The molecule has 30 heavy (non-hydrogen) atoms. The fraction of sp³-hybridized carbons (Fsp3) is 0.667. The van der Waals surface area contributed by atoms with Crippen molar-refractivity contribution in [2.45, 2.75) is 50.4 Å². The number of carbonyl (C=O) groups excluding carboxylic acids is 1. The monoisotopic (exact) mass is 405 g/mol. The predicted molar refractivity (Wildman–Crippen MR) is 112 cm³/mol. The highest BCUT2D eigenvalue weighted by Crippen LogP contribution is 2.65. The molecule has 0 radical (unpaired) electrons. The van der Waals surface area contributed by atoms with Gasteiger partial charge in [0.1, 0.15) is 0 Å². The molecule has 0 unspecified atom stereocenters. The molecule has 7 rings (SSSR count). The molecule has 0 atom stereocenters. The summed E-state index contributed by atoms with van der Waals surface area (Å²) < 4.78 is 1.73. The van der Waals surface area contributed by atoms with Crippen LogP contribution in [0.3, 0.4) is 0 Å². The first-order valence-corrected chi connectivity index (χ1v) is 11.6. The third-order valence-corrected chi connectivity index (χ3v) is 9.30. The van der Waals surface area contributed by atoms with Gasteiger partial charge in [-0.1, -0.05) is 37.3 Å². The molecule has 4 aliphatic carbocycles. The Labute approximate surface area is 178 Å². The summed E-state index contributed by atoms with van der Waals surface area (Å²) in [6.45, 7) is 3.97. The number of rotatable bonds is 4. The number of nitrogens with zero attached hydrogens (tertiary/aromatic N) is 5. The van der Waals surface area contributed by atoms with Crippen LogP contribution < -0.4 is 0 Å². The Morgan fingerprint density at radius 3 is 2.27 bits per heavy atom. The predicted octanol–water partition coefficient (Wildman–Crippen LogP) is 3.17. The molecular weight excluding hydrogens is 374 g/mol. The topological polar surface area (TPSA) is 63.9 Å². The average Bonchev–Trinajstić information content (AvgIpc) is 3.11. The van der Waals surface area contributed by atoms with Crippen molar-refractivity contribution in [1.82, 2.24) is 25.1 Å². The van der Waals surface area contributed by atoms with Gasteiger partial charge in [0.05, 0.1) is 5.92 Å². The van der Waals surface area contributed by atoms with Crippen LogP contribution in [0.4, 0.5) is 0 Å². The second-order valence-electron chi connectivity index (χ2n) is 10.5. The average molecular weight is 406 g/mol. The first-order chi connectivity index (χ1) is 14.6. The number of tetrazole rings is 1. The number of carbonyl (C=O) groups is 1. The molecule has 0 spiro atoms. The minimum absolute atomic E-state index is 0.0307. The number of aromatic nitrogens is 4. The lowest BCUT2D eigenvalue weighted by atomic mass is 9.41. The molecule has 2 heterocycles. The summed E-state index contributed by atoms with van der Waals surface area (Å²) in [5, 5.41) is 11.8. The van der Waals surface area contributed by atoms with Gasteiger partial charge in [-0.15, -0.1) is 5.10 Å². The molecule has 5 fully saturated rings. The van der Waals surface area contributed by atoms with Crippen molar-refractivity contribution < 1.29 is 4.79 Å². The van der Waals surface area contributed by atoms with Crippen molar-refractivity contribution in [3.05, 3.63) is 41.7 Å². The molecule has 1 saturated heterocycles. The third kappa shape index (κ3) is 2.55. The highest BCUT2D eigenvalue weighted by Gasteiger charge is 2.60. The Balaban J connectivity index is 1.26. The largest absolute Gasteiger partial charge is 0.341 e. The summed E-state index contributed by atoms with van der Waals surface area (Å²) in [6, 6.07) is 11.0. The number of likely N-dealkylation sites (tertiary alicyclic amines) is 1. The lowest BCUT2D eigenvalue weighted by molar-refractivity contribution is -0.146. The van der Waals surface area contributed by atoms with Crippen LogP contribution in [0.2, 0.25) is 0 Å². The van der Waals surface area contributed by atoms with Crippen LogP contribution in [0.15, 0.2) is 30.3 Å². The Morgan fingerprint density at radius 2 is 1.70 bits per heavy atom. The summed E-state index contributed by atoms with van der Waals surface area (Å²) in [5.74, 6) is 5.41. The van der Waals surface area contributed by atoms with Gasteiger partial charge in [0.25, 0.3) is 0 Å². The normalized spacial score (nSPS) is 37.4. The maximum atomic E-state index is 13.5. The van der Waals surface area contributed by atoms with E-state index in [1.54, 1.807) is 4.68 Å². The molecule has 2 aromatic rings. The number of aryl methyl sites for hydroxylation is 1. The lowest BCUT2D eigenvalue weighted by Gasteiger charge is -2.64. The van der Waals surface area contributed by atoms with E-state index in [1.165, 1.54) is 31.2 Å². The highest BCUT2D eigenvalue weighted by molar-refractivity contribution is 5.79. The second-order valence-corrected chi connectivity index (χ2v) is 10.5. The highest BCUT2D eigenvalue weighted by atomic mass is 16.2. The number of hydrogen-bond donors (Lipinski definition) is 0. The number of amides is 1. The van der Waals surface area contributed by atoms with E-state index < -0.39 is 0 Å². The molecule has 6 nitrogen and oxygen atoms in total. The van der Waals surface area contributed by atoms with Gasteiger partial charge in [0.2, 0.25) is 5.91 Å². The zero-order valence-electron chi connectivity index (χ0n) is 17.9. The van der Waals surface area contributed by atoms with Gasteiger partial charge >= 0.3 is 0 Å². The van der Waals surface area contributed by atoms with Crippen molar-refractivity contribution in [1.29, 1.82) is 0 Å². The van der Waals surface area contributed by atoms with Crippen molar-refractivity contribution in [3.63, 3.8) is 0 Å². The maximum absolute atomic E-state index is 13.5. The Hall–Kier alpha value is -2.24. The van der Waals surface area contributed by atoms with E-state index in [0.29, 0.717) is 24.2 Å². The van der Waals surface area contributed by atoms with E-state index >= 15 is 0 Å². The summed E-state index contributed by atoms with van der Waals surface area (Å²) in [4.78, 5) is 15.6. The van der Waals surface area contributed by atoms with Crippen LogP contribution >= 0.6 is 0 Å². The molecular formula is C24H31N5O. The standard InChI is InChI=1S/C24H31N5O/c1-15-16-8-20-10-17(15)11-21(9-16)24(20,19-6-4-3-5-7-19)12-22(30)29-13-18(14-29)23-25-26-27-28(23)2/h3-7,15-18,20-21H,8-14H2,1-2H3. The van der Waals surface area contributed by atoms with Crippen LogP contribution in [0.1, 0.15) is 56.3 Å². The van der Waals surface area contributed by atoms with E-state index in [2.05, 4.69) is 52.8 Å². The number of benzene rings is 1. The van der Waals surface area contributed by atoms with Crippen LogP contribution in [0, 0.1) is 29.6 Å². The zero-order valence-corrected chi connectivity index (χ0v) is 17.9. The van der Waals surface area contributed by atoms with Gasteiger partial charge in [-0.25, -0.2) is 4.68 Å². The van der Waals surface area contributed by atoms with E-state index in [1.807, 2.05) is 11.9 Å². The third-order valence-electron chi connectivity index (χ3n) is 9.30. The molecule has 1 aliphatic heterocycles. The molecule has 4 saturated carbocycles. The minimum atomic E-state index is 0.0307. The Bertz CT molecular complexity index is 918. The van der Waals surface area contributed by atoms with Crippen LogP contribution in [0.5, 0.6) is 0 Å². The van der Waals surface area contributed by atoms with E-state index in [0.717, 1.165) is 36.7 Å². The zero-order chi connectivity index (χ0) is 20.5. The summed E-state index contributed by atoms with van der Waals surface area (Å²) in [5.41, 5.74) is 1.44. The summed E-state index contributed by atoms with van der Waals surface area (Å²) in [7, 11) is 1.87. The van der Waals surface area contributed by atoms with Crippen molar-refractivity contribution in [2.75, 3.05) is 13.1 Å². The van der Waals surface area contributed by atoms with Gasteiger partial charge < -0.3 is 4.90 Å². The summed E-state index contributed by atoms with van der Waals surface area (Å²) >= 11 is 0. The van der Waals surface area contributed by atoms with Crippen molar-refractivity contribution in [2.24, 2.45) is 36.6 Å². The van der Waals surface area contributed by atoms with E-state index in [-0.39, 0.29) is 11.3 Å². The molecule has 0 N–H and O–H groups in total.